The largest absolute Gasteiger partial charge is 0.345 e. The molecule has 104 valence electrons. The molecular weight excluding hydrogens is 276 g/mol. The molecule has 5 heteroatoms. The van der Waals surface area contributed by atoms with Crippen LogP contribution >= 0.6 is 23.1 Å². The predicted octanol–water partition coefficient (Wildman–Crippen LogP) is 2.39. The standard InChI is InChI=1S/C14H20N2OS2/c1-14(8-15,10-2-3-10)16-13(17)12-6-9-7-18-5-4-11(9)19-12/h6,10H,2-5,7-8,15H2,1H3,(H,16,17). The molecule has 0 aromatic carbocycles. The van der Waals surface area contributed by atoms with Crippen molar-refractivity contribution in [2.45, 2.75) is 37.5 Å². The Morgan fingerprint density at radius 1 is 1.58 bits per heavy atom. The van der Waals surface area contributed by atoms with Crippen molar-refractivity contribution in [2.24, 2.45) is 11.7 Å². The van der Waals surface area contributed by atoms with Crippen LogP contribution in [-0.2, 0) is 12.2 Å². The van der Waals surface area contributed by atoms with E-state index in [0.717, 1.165) is 17.1 Å². The minimum Gasteiger partial charge on any atom is -0.345 e. The van der Waals surface area contributed by atoms with Crippen LogP contribution in [0, 0.1) is 5.92 Å². The molecular formula is C14H20N2OS2. The average molecular weight is 296 g/mol. The summed E-state index contributed by atoms with van der Waals surface area (Å²) in [4.78, 5) is 14.7. The highest BCUT2D eigenvalue weighted by Crippen LogP contribution is 2.39. The Hall–Kier alpha value is -0.520. The van der Waals surface area contributed by atoms with E-state index in [4.69, 9.17) is 5.73 Å². The Balaban J connectivity index is 1.74. The minimum absolute atomic E-state index is 0.0595. The van der Waals surface area contributed by atoms with E-state index in [1.807, 2.05) is 11.8 Å². The number of rotatable bonds is 4. The third kappa shape index (κ3) is 2.69. The third-order valence-electron chi connectivity index (χ3n) is 4.15. The zero-order chi connectivity index (χ0) is 13.5. The number of thioether (sulfide) groups is 1. The number of thiophene rings is 1. The summed E-state index contributed by atoms with van der Waals surface area (Å²) in [5.74, 6) is 2.85. The second-order valence-corrected chi connectivity index (χ2v) is 7.95. The summed E-state index contributed by atoms with van der Waals surface area (Å²) < 4.78 is 0. The first-order chi connectivity index (χ1) is 9.12. The molecule has 3 rings (SSSR count). The van der Waals surface area contributed by atoms with Gasteiger partial charge in [-0.25, -0.2) is 0 Å². The third-order valence-corrected chi connectivity index (χ3v) is 6.40. The summed E-state index contributed by atoms with van der Waals surface area (Å²) in [6.07, 6.45) is 3.48. The van der Waals surface area contributed by atoms with Crippen molar-refractivity contribution in [3.63, 3.8) is 0 Å². The molecule has 0 radical (unpaired) electrons. The van der Waals surface area contributed by atoms with Gasteiger partial charge in [-0.2, -0.15) is 11.8 Å². The summed E-state index contributed by atoms with van der Waals surface area (Å²) in [5.41, 5.74) is 6.99. The maximum atomic E-state index is 12.4. The molecule has 1 saturated carbocycles. The molecule has 1 aromatic heterocycles. The van der Waals surface area contributed by atoms with E-state index in [-0.39, 0.29) is 11.4 Å². The molecule has 1 amide bonds. The van der Waals surface area contributed by atoms with Crippen molar-refractivity contribution < 1.29 is 4.79 Å². The molecule has 1 aliphatic heterocycles. The van der Waals surface area contributed by atoms with Crippen LogP contribution in [0.3, 0.4) is 0 Å². The lowest BCUT2D eigenvalue weighted by atomic mass is 9.96. The Kier molecular flexibility index (Phi) is 3.62. The highest BCUT2D eigenvalue weighted by Gasteiger charge is 2.41. The number of hydrogen-bond donors (Lipinski definition) is 2. The van der Waals surface area contributed by atoms with E-state index in [1.165, 1.54) is 29.0 Å². The fourth-order valence-electron chi connectivity index (χ4n) is 2.62. The molecule has 3 N–H and O–H groups in total. The van der Waals surface area contributed by atoms with Crippen LogP contribution in [0.25, 0.3) is 0 Å². The van der Waals surface area contributed by atoms with Crippen LogP contribution in [0.4, 0.5) is 0 Å². The van der Waals surface area contributed by atoms with Crippen LogP contribution < -0.4 is 11.1 Å². The molecule has 0 saturated heterocycles. The molecule has 3 nitrogen and oxygen atoms in total. The fraction of sp³-hybridized carbons (Fsp3) is 0.643. The lowest BCUT2D eigenvalue weighted by molar-refractivity contribution is 0.0902. The van der Waals surface area contributed by atoms with Gasteiger partial charge in [-0.05, 0) is 49.5 Å². The number of amides is 1. The van der Waals surface area contributed by atoms with Crippen molar-refractivity contribution in [3.05, 3.63) is 21.4 Å². The number of aryl methyl sites for hydroxylation is 1. The zero-order valence-electron chi connectivity index (χ0n) is 11.2. The van der Waals surface area contributed by atoms with E-state index in [9.17, 15) is 4.79 Å². The highest BCUT2D eigenvalue weighted by atomic mass is 32.2. The molecule has 0 spiro atoms. The lowest BCUT2D eigenvalue weighted by Crippen LogP contribution is -2.53. The first-order valence-electron chi connectivity index (χ1n) is 6.84. The maximum absolute atomic E-state index is 12.4. The second-order valence-electron chi connectivity index (χ2n) is 5.71. The molecule has 1 fully saturated rings. The topological polar surface area (TPSA) is 55.1 Å². The van der Waals surface area contributed by atoms with Crippen LogP contribution in [0.2, 0.25) is 0 Å². The summed E-state index contributed by atoms with van der Waals surface area (Å²) in [7, 11) is 0. The molecule has 1 aromatic rings. The van der Waals surface area contributed by atoms with Crippen molar-refractivity contribution >= 4 is 29.0 Å². The minimum atomic E-state index is -0.226. The van der Waals surface area contributed by atoms with Gasteiger partial charge < -0.3 is 11.1 Å². The van der Waals surface area contributed by atoms with E-state index < -0.39 is 0 Å². The van der Waals surface area contributed by atoms with Gasteiger partial charge in [0.1, 0.15) is 0 Å². The predicted molar refractivity (Wildman–Crippen MR) is 81.8 cm³/mol. The van der Waals surface area contributed by atoms with Crippen molar-refractivity contribution in [3.8, 4) is 0 Å². The van der Waals surface area contributed by atoms with Crippen molar-refractivity contribution in [2.75, 3.05) is 12.3 Å². The van der Waals surface area contributed by atoms with Gasteiger partial charge in [0.2, 0.25) is 0 Å². The zero-order valence-corrected chi connectivity index (χ0v) is 12.8. The first-order valence-corrected chi connectivity index (χ1v) is 8.81. The molecule has 1 atom stereocenters. The Morgan fingerprint density at radius 2 is 2.37 bits per heavy atom. The lowest BCUT2D eigenvalue weighted by Gasteiger charge is -2.29. The van der Waals surface area contributed by atoms with Gasteiger partial charge in [0.25, 0.3) is 5.91 Å². The van der Waals surface area contributed by atoms with E-state index in [0.29, 0.717) is 12.5 Å². The molecule has 2 aliphatic rings. The Bertz CT molecular complexity index is 472. The molecule has 2 heterocycles. The summed E-state index contributed by atoms with van der Waals surface area (Å²) in [5, 5.41) is 3.17. The van der Waals surface area contributed by atoms with Gasteiger partial charge >= 0.3 is 0 Å². The van der Waals surface area contributed by atoms with E-state index in [1.54, 1.807) is 11.3 Å². The van der Waals surface area contributed by atoms with Gasteiger partial charge in [-0.15, -0.1) is 11.3 Å². The van der Waals surface area contributed by atoms with Gasteiger partial charge in [-0.1, -0.05) is 0 Å². The SMILES string of the molecule is CC(CN)(NC(=O)c1cc2c(s1)CCSC2)C1CC1. The normalized spacial score (nSPS) is 21.6. The van der Waals surface area contributed by atoms with Crippen LogP contribution in [-0.4, -0.2) is 23.7 Å². The smallest absolute Gasteiger partial charge is 0.261 e. The summed E-state index contributed by atoms with van der Waals surface area (Å²) in [6, 6.07) is 2.07. The average Bonchev–Trinajstić information content (AvgIpc) is 3.18. The van der Waals surface area contributed by atoms with Crippen molar-refractivity contribution in [1.29, 1.82) is 0 Å². The highest BCUT2D eigenvalue weighted by molar-refractivity contribution is 7.98. The van der Waals surface area contributed by atoms with Gasteiger partial charge in [-0.3, -0.25) is 4.79 Å². The maximum Gasteiger partial charge on any atom is 0.261 e. The fourth-order valence-corrected chi connectivity index (χ4v) is 4.89. The number of nitrogens with one attached hydrogen (secondary N) is 1. The first kappa shape index (κ1) is 13.5. The van der Waals surface area contributed by atoms with E-state index >= 15 is 0 Å². The van der Waals surface area contributed by atoms with Crippen molar-refractivity contribution in [1.82, 2.24) is 5.32 Å². The number of nitrogens with two attached hydrogens (primary N) is 1. The van der Waals surface area contributed by atoms with Gasteiger partial charge in [0, 0.05) is 17.2 Å². The number of carbonyl (C=O) groups is 1. The Morgan fingerprint density at radius 3 is 3.00 bits per heavy atom. The molecule has 1 aliphatic carbocycles. The summed E-state index contributed by atoms with van der Waals surface area (Å²) >= 11 is 3.61. The molecule has 1 unspecified atom stereocenters. The summed E-state index contributed by atoms with van der Waals surface area (Å²) in [6.45, 7) is 2.59. The second kappa shape index (κ2) is 5.11. The number of hydrogen-bond acceptors (Lipinski definition) is 4. The van der Waals surface area contributed by atoms with Gasteiger partial charge in [0.05, 0.1) is 10.4 Å². The molecule has 19 heavy (non-hydrogen) atoms. The quantitative estimate of drug-likeness (QED) is 0.897. The van der Waals surface area contributed by atoms with Crippen LogP contribution in [0.5, 0.6) is 0 Å². The van der Waals surface area contributed by atoms with Crippen LogP contribution in [0.1, 0.15) is 39.9 Å². The number of carbonyl (C=O) groups excluding carboxylic acids is 1. The number of fused-ring (bicyclic) bond motifs is 1. The van der Waals surface area contributed by atoms with Gasteiger partial charge in [0.15, 0.2) is 0 Å². The monoisotopic (exact) mass is 296 g/mol. The Labute approximate surface area is 122 Å². The van der Waals surface area contributed by atoms with E-state index in [2.05, 4.69) is 18.3 Å². The molecule has 0 bridgehead atoms. The van der Waals surface area contributed by atoms with Crippen LogP contribution in [0.15, 0.2) is 6.07 Å².